The van der Waals surface area contributed by atoms with Gasteiger partial charge in [-0.25, -0.2) is 12.8 Å². The van der Waals surface area contributed by atoms with Crippen LogP contribution in [0.4, 0.5) is 4.39 Å². The molecule has 8 nitrogen and oxygen atoms in total. The van der Waals surface area contributed by atoms with Gasteiger partial charge in [0.1, 0.15) is 17.3 Å². The Morgan fingerprint density at radius 3 is 2.79 bits per heavy atom. The summed E-state index contributed by atoms with van der Waals surface area (Å²) in [6.07, 6.45) is 4.23. The summed E-state index contributed by atoms with van der Waals surface area (Å²) in [4.78, 5) is 7.90. The first kappa shape index (κ1) is 19.6. The van der Waals surface area contributed by atoms with Crippen molar-refractivity contribution in [3.05, 3.63) is 60.4 Å². The molecule has 3 aromatic rings. The molecule has 1 unspecified atom stereocenters. The second kappa shape index (κ2) is 8.36. The van der Waals surface area contributed by atoms with Gasteiger partial charge in [-0.2, -0.15) is 9.29 Å². The van der Waals surface area contributed by atoms with Crippen LogP contribution in [0.2, 0.25) is 0 Å². The Bertz CT molecular complexity index is 1070. The van der Waals surface area contributed by atoms with Gasteiger partial charge in [0.25, 0.3) is 5.89 Å². The Labute approximate surface area is 167 Å². The van der Waals surface area contributed by atoms with Crippen LogP contribution in [0, 0.1) is 5.82 Å². The number of nitrogens with zero attached hydrogens (tertiary/aromatic N) is 4. The van der Waals surface area contributed by atoms with Gasteiger partial charge in [-0.1, -0.05) is 17.3 Å². The predicted octanol–water partition coefficient (Wildman–Crippen LogP) is 2.64. The second-order valence-electron chi connectivity index (χ2n) is 6.62. The summed E-state index contributed by atoms with van der Waals surface area (Å²) in [5, 5.41) is 3.89. The predicted molar refractivity (Wildman–Crippen MR) is 100 cm³/mol. The SMILES string of the molecule is O=S(=O)(c1ccccc1F)N1CCCC(OCc2noc(-c3ccncc3)n2)C1. The second-order valence-corrected chi connectivity index (χ2v) is 8.53. The smallest absolute Gasteiger partial charge is 0.258 e. The molecule has 10 heteroatoms. The fraction of sp³-hybridized carbons (Fsp3) is 0.316. The molecule has 0 amide bonds. The Kier molecular flexibility index (Phi) is 5.65. The van der Waals surface area contributed by atoms with Crippen molar-refractivity contribution < 1.29 is 22.1 Å². The van der Waals surface area contributed by atoms with Gasteiger partial charge < -0.3 is 9.26 Å². The summed E-state index contributed by atoms with van der Waals surface area (Å²) in [6, 6.07) is 8.89. The molecule has 1 fully saturated rings. The molecule has 3 heterocycles. The molecule has 1 aliphatic rings. The van der Waals surface area contributed by atoms with Gasteiger partial charge in [0, 0.05) is 31.0 Å². The molecular weight excluding hydrogens is 399 g/mol. The Hall–Kier alpha value is -2.69. The average molecular weight is 418 g/mol. The van der Waals surface area contributed by atoms with E-state index in [0.29, 0.717) is 31.1 Å². The van der Waals surface area contributed by atoms with Gasteiger partial charge >= 0.3 is 0 Å². The van der Waals surface area contributed by atoms with E-state index in [2.05, 4.69) is 15.1 Å². The highest BCUT2D eigenvalue weighted by Crippen LogP contribution is 2.24. The molecule has 152 valence electrons. The minimum absolute atomic E-state index is 0.0901. The van der Waals surface area contributed by atoms with E-state index in [1.807, 2.05) is 0 Å². The van der Waals surface area contributed by atoms with E-state index in [-0.39, 0.29) is 24.2 Å². The largest absolute Gasteiger partial charge is 0.369 e. The summed E-state index contributed by atoms with van der Waals surface area (Å²) in [7, 11) is -3.92. The number of aromatic nitrogens is 3. The van der Waals surface area contributed by atoms with E-state index >= 15 is 0 Å². The molecular formula is C19H19FN4O4S. The number of hydrogen-bond acceptors (Lipinski definition) is 7. The third kappa shape index (κ3) is 4.34. The normalized spacial score (nSPS) is 18.0. The minimum atomic E-state index is -3.92. The standard InChI is InChI=1S/C19H19FN4O4S/c20-16-5-1-2-6-17(16)29(25,26)24-11-3-4-15(12-24)27-13-18-22-19(28-23-18)14-7-9-21-10-8-14/h1-2,5-10,15H,3-4,11-13H2. The maximum Gasteiger partial charge on any atom is 0.258 e. The van der Waals surface area contributed by atoms with Crippen LogP contribution < -0.4 is 0 Å². The van der Waals surface area contributed by atoms with E-state index in [1.165, 1.54) is 22.5 Å². The van der Waals surface area contributed by atoms with Crippen LogP contribution in [0.3, 0.4) is 0 Å². The molecule has 0 N–H and O–H groups in total. The highest BCUT2D eigenvalue weighted by atomic mass is 32.2. The Morgan fingerprint density at radius 2 is 2.00 bits per heavy atom. The number of hydrogen-bond donors (Lipinski definition) is 0. The molecule has 1 aromatic carbocycles. The lowest BCUT2D eigenvalue weighted by Crippen LogP contribution is -2.43. The van der Waals surface area contributed by atoms with Crippen molar-refractivity contribution in [2.75, 3.05) is 13.1 Å². The monoisotopic (exact) mass is 418 g/mol. The maximum absolute atomic E-state index is 14.0. The number of sulfonamides is 1. The highest BCUT2D eigenvalue weighted by molar-refractivity contribution is 7.89. The van der Waals surface area contributed by atoms with E-state index in [1.54, 1.807) is 24.5 Å². The van der Waals surface area contributed by atoms with Crippen molar-refractivity contribution >= 4 is 10.0 Å². The third-order valence-electron chi connectivity index (χ3n) is 4.64. The molecule has 0 aliphatic carbocycles. The van der Waals surface area contributed by atoms with E-state index in [4.69, 9.17) is 9.26 Å². The number of halogens is 1. The van der Waals surface area contributed by atoms with E-state index < -0.39 is 15.8 Å². The first-order chi connectivity index (χ1) is 14.0. The van der Waals surface area contributed by atoms with E-state index in [0.717, 1.165) is 11.6 Å². The highest BCUT2D eigenvalue weighted by Gasteiger charge is 2.32. The Balaban J connectivity index is 1.40. The zero-order valence-corrected chi connectivity index (χ0v) is 16.3. The first-order valence-corrected chi connectivity index (χ1v) is 10.6. The van der Waals surface area contributed by atoms with Crippen LogP contribution in [-0.2, 0) is 21.4 Å². The summed E-state index contributed by atoms with van der Waals surface area (Å²) in [6.45, 7) is 0.559. The first-order valence-electron chi connectivity index (χ1n) is 9.13. The summed E-state index contributed by atoms with van der Waals surface area (Å²) >= 11 is 0. The summed E-state index contributed by atoms with van der Waals surface area (Å²) < 4.78 is 51.8. The van der Waals surface area contributed by atoms with Crippen LogP contribution in [-0.4, -0.2) is 47.0 Å². The zero-order valence-electron chi connectivity index (χ0n) is 15.4. The molecule has 0 saturated carbocycles. The van der Waals surface area contributed by atoms with Gasteiger partial charge in [0.15, 0.2) is 5.82 Å². The number of piperidine rings is 1. The van der Waals surface area contributed by atoms with Gasteiger partial charge in [-0.15, -0.1) is 0 Å². The van der Waals surface area contributed by atoms with Crippen LogP contribution in [0.15, 0.2) is 58.2 Å². The lowest BCUT2D eigenvalue weighted by Gasteiger charge is -2.31. The molecule has 29 heavy (non-hydrogen) atoms. The Morgan fingerprint density at radius 1 is 1.21 bits per heavy atom. The molecule has 2 aromatic heterocycles. The fourth-order valence-electron chi connectivity index (χ4n) is 3.17. The number of benzene rings is 1. The fourth-order valence-corrected chi connectivity index (χ4v) is 4.74. The number of ether oxygens (including phenoxy) is 1. The molecule has 1 aliphatic heterocycles. The van der Waals surface area contributed by atoms with Crippen LogP contribution in [0.5, 0.6) is 0 Å². The van der Waals surface area contributed by atoms with Crippen molar-refractivity contribution in [1.29, 1.82) is 0 Å². The average Bonchev–Trinajstić information content (AvgIpc) is 3.22. The third-order valence-corrected chi connectivity index (χ3v) is 6.54. The van der Waals surface area contributed by atoms with Crippen LogP contribution in [0.1, 0.15) is 18.7 Å². The topological polar surface area (TPSA) is 98.4 Å². The van der Waals surface area contributed by atoms with Gasteiger partial charge in [-0.05, 0) is 37.1 Å². The van der Waals surface area contributed by atoms with E-state index in [9.17, 15) is 12.8 Å². The summed E-state index contributed by atoms with van der Waals surface area (Å²) in [5.41, 5.74) is 0.749. The quantitative estimate of drug-likeness (QED) is 0.607. The van der Waals surface area contributed by atoms with Gasteiger partial charge in [-0.3, -0.25) is 4.98 Å². The van der Waals surface area contributed by atoms with Gasteiger partial charge in [0.05, 0.1) is 6.10 Å². The molecule has 0 radical (unpaired) electrons. The zero-order chi connectivity index (χ0) is 20.3. The molecule has 0 bridgehead atoms. The molecule has 4 rings (SSSR count). The van der Waals surface area contributed by atoms with Crippen molar-refractivity contribution in [3.8, 4) is 11.5 Å². The van der Waals surface area contributed by atoms with Crippen LogP contribution >= 0.6 is 0 Å². The molecule has 1 saturated heterocycles. The summed E-state index contributed by atoms with van der Waals surface area (Å²) in [5.74, 6) is -0.0321. The lowest BCUT2D eigenvalue weighted by molar-refractivity contribution is 0.00435. The van der Waals surface area contributed by atoms with Crippen molar-refractivity contribution in [2.45, 2.75) is 30.4 Å². The van der Waals surface area contributed by atoms with Crippen LogP contribution in [0.25, 0.3) is 11.5 Å². The number of pyridine rings is 1. The number of rotatable bonds is 6. The van der Waals surface area contributed by atoms with Gasteiger partial charge in [0.2, 0.25) is 10.0 Å². The maximum atomic E-state index is 14.0. The van der Waals surface area contributed by atoms with Crippen molar-refractivity contribution in [2.24, 2.45) is 0 Å². The molecule has 0 spiro atoms. The minimum Gasteiger partial charge on any atom is -0.369 e. The lowest BCUT2D eigenvalue weighted by atomic mass is 10.1. The van der Waals surface area contributed by atoms with Crippen molar-refractivity contribution in [1.82, 2.24) is 19.4 Å². The molecule has 1 atom stereocenters. The van der Waals surface area contributed by atoms with Crippen molar-refractivity contribution in [3.63, 3.8) is 0 Å².